The zero-order valence-corrected chi connectivity index (χ0v) is 13.2. The van der Waals surface area contributed by atoms with E-state index in [0.717, 1.165) is 25.7 Å². The number of hydrogen-bond acceptors (Lipinski definition) is 1. The second-order valence-corrected chi connectivity index (χ2v) is 6.82. The summed E-state index contributed by atoms with van der Waals surface area (Å²) in [5.74, 6) is 0.488. The maximum atomic E-state index is 11.6. The number of unbranched alkanes of at least 4 members (excludes halogenated alkanes) is 6. The molecule has 0 N–H and O–H groups in total. The molecule has 0 spiro atoms. The van der Waals surface area contributed by atoms with Crippen molar-refractivity contribution in [3.63, 3.8) is 0 Å². The average Bonchev–Trinajstić information content (AvgIpc) is 2.27. The van der Waals surface area contributed by atoms with E-state index in [1.807, 2.05) is 0 Å². The molecule has 0 unspecified atom stereocenters. The quantitative estimate of drug-likeness (QED) is 0.419. The first-order chi connectivity index (χ1) is 8.45. The number of rotatable bonds is 11. The van der Waals surface area contributed by atoms with E-state index in [1.165, 1.54) is 44.9 Å². The van der Waals surface area contributed by atoms with Crippen LogP contribution < -0.4 is 0 Å². The molecule has 0 amide bonds. The summed E-state index contributed by atoms with van der Waals surface area (Å²) >= 11 is 0. The van der Waals surface area contributed by atoms with E-state index >= 15 is 0 Å². The van der Waals surface area contributed by atoms with Crippen LogP contribution in [0.2, 0.25) is 0 Å². The summed E-state index contributed by atoms with van der Waals surface area (Å²) in [5.41, 5.74) is 0.448. The third-order valence-corrected chi connectivity index (χ3v) is 3.44. The molecule has 0 aromatic carbocycles. The van der Waals surface area contributed by atoms with Gasteiger partial charge in [-0.2, -0.15) is 0 Å². The number of Topliss-reactive ketones (excluding diaryl/α,β-unsaturated/α-hetero) is 1. The van der Waals surface area contributed by atoms with Gasteiger partial charge in [0.1, 0.15) is 5.78 Å². The molecule has 0 bridgehead atoms. The van der Waals surface area contributed by atoms with Gasteiger partial charge in [-0.25, -0.2) is 0 Å². The Morgan fingerprint density at radius 2 is 1.28 bits per heavy atom. The first-order valence-electron chi connectivity index (χ1n) is 7.97. The Morgan fingerprint density at radius 3 is 1.78 bits per heavy atom. The van der Waals surface area contributed by atoms with Crippen LogP contribution in [0.4, 0.5) is 0 Å². The van der Waals surface area contributed by atoms with Gasteiger partial charge in [-0.1, -0.05) is 66.2 Å². The Morgan fingerprint density at radius 1 is 0.778 bits per heavy atom. The van der Waals surface area contributed by atoms with Crippen LogP contribution in [-0.2, 0) is 4.79 Å². The van der Waals surface area contributed by atoms with Gasteiger partial charge in [0.05, 0.1) is 0 Å². The van der Waals surface area contributed by atoms with Crippen molar-refractivity contribution in [1.29, 1.82) is 0 Å². The molecule has 0 radical (unpaired) electrons. The maximum Gasteiger partial charge on any atom is 0.132 e. The second kappa shape index (κ2) is 10.6. The summed E-state index contributed by atoms with van der Waals surface area (Å²) in [6.07, 6.45) is 12.8. The Kier molecular flexibility index (Phi) is 10.4. The predicted octanol–water partition coefficient (Wildman–Crippen LogP) is 5.91. The lowest BCUT2D eigenvalue weighted by Gasteiger charge is -2.17. The van der Waals surface area contributed by atoms with Crippen molar-refractivity contribution >= 4 is 5.78 Å². The van der Waals surface area contributed by atoms with Gasteiger partial charge in [0.25, 0.3) is 0 Å². The van der Waals surface area contributed by atoms with Gasteiger partial charge in [-0.15, -0.1) is 0 Å². The Balaban J connectivity index is 3.27. The molecule has 0 atom stereocenters. The van der Waals surface area contributed by atoms with E-state index in [2.05, 4.69) is 27.7 Å². The molecule has 0 fully saturated rings. The summed E-state index contributed by atoms with van der Waals surface area (Å²) in [6.45, 7) is 9.08. The zero-order valence-electron chi connectivity index (χ0n) is 13.2. The fraction of sp³-hybridized carbons (Fsp3) is 0.941. The van der Waals surface area contributed by atoms with Crippen LogP contribution in [0.5, 0.6) is 0 Å². The molecule has 0 aliphatic heterocycles. The summed E-state index contributed by atoms with van der Waals surface area (Å²) in [6, 6.07) is 0. The molecule has 0 rings (SSSR count). The fourth-order valence-corrected chi connectivity index (χ4v) is 2.20. The molecule has 1 nitrogen and oxygen atoms in total. The summed E-state index contributed by atoms with van der Waals surface area (Å²) in [4.78, 5) is 11.6. The lowest BCUT2D eigenvalue weighted by atomic mass is 9.89. The molecule has 0 aliphatic carbocycles. The smallest absolute Gasteiger partial charge is 0.132 e. The summed E-state index contributed by atoms with van der Waals surface area (Å²) in [5, 5.41) is 0. The first kappa shape index (κ1) is 17.7. The molecule has 0 heterocycles. The van der Waals surface area contributed by atoms with Crippen LogP contribution >= 0.6 is 0 Å². The van der Waals surface area contributed by atoms with E-state index in [1.54, 1.807) is 0 Å². The first-order valence-corrected chi connectivity index (χ1v) is 7.97. The number of hydrogen-bond donors (Lipinski definition) is 0. The minimum Gasteiger partial charge on any atom is -0.300 e. The van der Waals surface area contributed by atoms with Crippen LogP contribution in [0.1, 0.15) is 98.3 Å². The van der Waals surface area contributed by atoms with Crippen molar-refractivity contribution in [3.8, 4) is 0 Å². The molecule has 0 saturated heterocycles. The SMILES string of the molecule is CCCCCCCC(=O)CCCCCC(C)(C)C. The molecule has 0 aromatic heterocycles. The predicted molar refractivity (Wildman–Crippen MR) is 80.9 cm³/mol. The van der Waals surface area contributed by atoms with Crippen molar-refractivity contribution in [2.24, 2.45) is 5.41 Å². The fourth-order valence-electron chi connectivity index (χ4n) is 2.20. The van der Waals surface area contributed by atoms with E-state index in [0.29, 0.717) is 11.2 Å². The van der Waals surface area contributed by atoms with Gasteiger partial charge < -0.3 is 0 Å². The van der Waals surface area contributed by atoms with E-state index in [4.69, 9.17) is 0 Å². The zero-order chi connectivity index (χ0) is 13.9. The monoisotopic (exact) mass is 254 g/mol. The molecule has 0 saturated carbocycles. The molecule has 0 aliphatic rings. The largest absolute Gasteiger partial charge is 0.300 e. The van der Waals surface area contributed by atoms with Crippen LogP contribution in [0.25, 0.3) is 0 Å². The highest BCUT2D eigenvalue weighted by molar-refractivity contribution is 5.78. The summed E-state index contributed by atoms with van der Waals surface area (Å²) in [7, 11) is 0. The molecule has 0 aromatic rings. The van der Waals surface area contributed by atoms with Crippen molar-refractivity contribution in [3.05, 3.63) is 0 Å². The van der Waals surface area contributed by atoms with Crippen LogP contribution in [0.15, 0.2) is 0 Å². The average molecular weight is 254 g/mol. The number of ketones is 1. The normalized spacial score (nSPS) is 11.8. The minimum absolute atomic E-state index is 0.448. The van der Waals surface area contributed by atoms with Gasteiger partial charge >= 0.3 is 0 Å². The van der Waals surface area contributed by atoms with Gasteiger partial charge in [0, 0.05) is 12.8 Å². The van der Waals surface area contributed by atoms with Gasteiger partial charge in [0.15, 0.2) is 0 Å². The highest BCUT2D eigenvalue weighted by atomic mass is 16.1. The van der Waals surface area contributed by atoms with Crippen molar-refractivity contribution in [2.45, 2.75) is 98.3 Å². The Hall–Kier alpha value is -0.330. The lowest BCUT2D eigenvalue weighted by molar-refractivity contribution is -0.119. The molecule has 108 valence electrons. The van der Waals surface area contributed by atoms with Crippen LogP contribution in [0, 0.1) is 5.41 Å². The lowest BCUT2D eigenvalue weighted by Crippen LogP contribution is -2.04. The van der Waals surface area contributed by atoms with E-state index in [9.17, 15) is 4.79 Å². The van der Waals surface area contributed by atoms with Crippen molar-refractivity contribution < 1.29 is 4.79 Å². The maximum absolute atomic E-state index is 11.6. The van der Waals surface area contributed by atoms with Gasteiger partial charge in [-0.3, -0.25) is 4.79 Å². The third kappa shape index (κ3) is 13.7. The van der Waals surface area contributed by atoms with E-state index < -0.39 is 0 Å². The molecular formula is C17H34O. The van der Waals surface area contributed by atoms with E-state index in [-0.39, 0.29) is 0 Å². The molecular weight excluding hydrogens is 220 g/mol. The van der Waals surface area contributed by atoms with Crippen LogP contribution in [0.3, 0.4) is 0 Å². The highest BCUT2D eigenvalue weighted by Gasteiger charge is 2.09. The summed E-state index contributed by atoms with van der Waals surface area (Å²) < 4.78 is 0. The second-order valence-electron chi connectivity index (χ2n) is 6.82. The standard InChI is InChI=1S/C17H34O/c1-5-6-7-8-10-13-16(18)14-11-9-12-15-17(2,3)4/h5-15H2,1-4H3. The minimum atomic E-state index is 0.448. The molecule has 18 heavy (non-hydrogen) atoms. The number of carbonyl (C=O) groups excluding carboxylic acids is 1. The highest BCUT2D eigenvalue weighted by Crippen LogP contribution is 2.22. The van der Waals surface area contributed by atoms with Gasteiger partial charge in [0.2, 0.25) is 0 Å². The van der Waals surface area contributed by atoms with Gasteiger partial charge in [-0.05, 0) is 24.7 Å². The number of carbonyl (C=O) groups is 1. The Bertz CT molecular complexity index is 200. The topological polar surface area (TPSA) is 17.1 Å². The van der Waals surface area contributed by atoms with Crippen molar-refractivity contribution in [1.82, 2.24) is 0 Å². The third-order valence-electron chi connectivity index (χ3n) is 3.44. The molecule has 1 heteroatoms. The van der Waals surface area contributed by atoms with Crippen molar-refractivity contribution in [2.75, 3.05) is 0 Å². The van der Waals surface area contributed by atoms with Crippen LogP contribution in [-0.4, -0.2) is 5.78 Å². The Labute approximate surface area is 115 Å².